The summed E-state index contributed by atoms with van der Waals surface area (Å²) < 4.78 is 0. The summed E-state index contributed by atoms with van der Waals surface area (Å²) in [5, 5.41) is 22.5. The molecule has 0 saturated heterocycles. The van der Waals surface area contributed by atoms with Gasteiger partial charge in [-0.15, -0.1) is 0 Å². The fourth-order valence-corrected chi connectivity index (χ4v) is 1.87. The van der Waals surface area contributed by atoms with Crippen LogP contribution in [0.25, 0.3) is 0 Å². The molecular formula is C14H21N3O. The molecule has 0 bridgehead atoms. The largest absolute Gasteiger partial charge is 0.388 e. The maximum atomic E-state index is 10.2. The summed E-state index contributed by atoms with van der Waals surface area (Å²) in [6, 6.07) is 4.00. The average Bonchev–Trinajstić information content (AvgIpc) is 2.35. The minimum Gasteiger partial charge on any atom is -0.388 e. The van der Waals surface area contributed by atoms with Crippen LogP contribution in [0.15, 0.2) is 6.07 Å². The van der Waals surface area contributed by atoms with E-state index >= 15 is 0 Å². The van der Waals surface area contributed by atoms with Crippen molar-refractivity contribution < 1.29 is 5.11 Å². The van der Waals surface area contributed by atoms with E-state index in [4.69, 9.17) is 5.26 Å². The molecule has 0 atom stereocenters. The zero-order valence-electron chi connectivity index (χ0n) is 11.5. The Morgan fingerprint density at radius 1 is 1.39 bits per heavy atom. The number of aromatic nitrogens is 1. The number of hydrogen-bond donors (Lipinski definition) is 2. The van der Waals surface area contributed by atoms with Gasteiger partial charge in [0.15, 0.2) is 0 Å². The van der Waals surface area contributed by atoms with Crippen LogP contribution in [0.5, 0.6) is 0 Å². The highest BCUT2D eigenvalue weighted by molar-refractivity contribution is 5.59. The number of nitrogens with zero attached hydrogens (tertiary/aromatic N) is 2. The molecule has 0 aliphatic carbocycles. The number of rotatable bonds is 5. The van der Waals surface area contributed by atoms with E-state index in [1.807, 2.05) is 33.8 Å². The molecule has 0 amide bonds. The first kappa shape index (κ1) is 14.5. The lowest BCUT2D eigenvalue weighted by Crippen LogP contribution is -2.35. The highest BCUT2D eigenvalue weighted by Gasteiger charge is 2.22. The molecule has 0 unspecified atom stereocenters. The van der Waals surface area contributed by atoms with Crippen molar-refractivity contribution in [3.8, 4) is 6.07 Å². The van der Waals surface area contributed by atoms with Gasteiger partial charge in [-0.25, -0.2) is 0 Å². The maximum absolute atomic E-state index is 10.2. The summed E-state index contributed by atoms with van der Waals surface area (Å²) in [6.45, 7) is 8.07. The van der Waals surface area contributed by atoms with Crippen LogP contribution in [0.4, 0.5) is 5.69 Å². The quantitative estimate of drug-likeness (QED) is 0.839. The van der Waals surface area contributed by atoms with E-state index < -0.39 is 5.60 Å². The highest BCUT2D eigenvalue weighted by Crippen LogP contribution is 2.21. The topological polar surface area (TPSA) is 68.9 Å². The third-order valence-corrected chi connectivity index (χ3v) is 3.36. The summed E-state index contributed by atoms with van der Waals surface area (Å²) in [5.74, 6) is 0. The number of pyridine rings is 1. The molecule has 2 N–H and O–H groups in total. The van der Waals surface area contributed by atoms with Crippen molar-refractivity contribution >= 4 is 5.69 Å². The minimum absolute atomic E-state index is 0.442. The van der Waals surface area contributed by atoms with Gasteiger partial charge in [-0.2, -0.15) is 5.26 Å². The number of hydrogen-bond acceptors (Lipinski definition) is 4. The number of anilines is 1. The predicted molar refractivity (Wildman–Crippen MR) is 72.4 cm³/mol. The number of aliphatic hydroxyl groups is 1. The van der Waals surface area contributed by atoms with Crippen LogP contribution in [-0.2, 0) is 0 Å². The van der Waals surface area contributed by atoms with Gasteiger partial charge in [-0.3, -0.25) is 4.98 Å². The van der Waals surface area contributed by atoms with Gasteiger partial charge in [0.1, 0.15) is 6.07 Å². The summed E-state index contributed by atoms with van der Waals surface area (Å²) in [6.07, 6.45) is 1.36. The molecule has 0 aliphatic rings. The van der Waals surface area contributed by atoms with Gasteiger partial charge in [0.2, 0.25) is 0 Å². The SMILES string of the molecule is CCC(O)(CC)CNc1cc(C)nc(C)c1C#N. The zero-order chi connectivity index (χ0) is 13.8. The Bertz CT molecular complexity index is 459. The van der Waals surface area contributed by atoms with Crippen molar-refractivity contribution in [3.63, 3.8) is 0 Å². The molecule has 1 aromatic heterocycles. The Morgan fingerprint density at radius 2 is 2.00 bits per heavy atom. The standard InChI is InChI=1S/C14H21N3O/c1-5-14(18,6-2)9-16-13-7-10(3)17-11(4)12(13)8-15/h7,18H,5-6,9H2,1-4H3,(H,16,17). The van der Waals surface area contributed by atoms with E-state index in [1.54, 1.807) is 0 Å². The lowest BCUT2D eigenvalue weighted by Gasteiger charge is -2.26. The first-order valence-electron chi connectivity index (χ1n) is 6.30. The summed E-state index contributed by atoms with van der Waals surface area (Å²) in [7, 11) is 0. The second-order valence-corrected chi connectivity index (χ2v) is 4.67. The average molecular weight is 247 g/mol. The van der Waals surface area contributed by atoms with Gasteiger partial charge in [-0.05, 0) is 32.8 Å². The second kappa shape index (κ2) is 5.83. The summed E-state index contributed by atoms with van der Waals surface area (Å²) in [5.41, 5.74) is 2.16. The normalized spacial score (nSPS) is 11.1. The van der Waals surface area contributed by atoms with Crippen molar-refractivity contribution in [1.82, 2.24) is 4.98 Å². The first-order valence-corrected chi connectivity index (χ1v) is 6.30. The number of nitrogens with one attached hydrogen (secondary N) is 1. The van der Waals surface area contributed by atoms with Gasteiger partial charge in [0.05, 0.1) is 22.5 Å². The Kier molecular flexibility index (Phi) is 4.69. The van der Waals surface area contributed by atoms with E-state index in [-0.39, 0.29) is 0 Å². The first-order chi connectivity index (χ1) is 8.45. The highest BCUT2D eigenvalue weighted by atomic mass is 16.3. The molecule has 1 rings (SSSR count). The molecule has 18 heavy (non-hydrogen) atoms. The van der Waals surface area contributed by atoms with Crippen LogP contribution in [0, 0.1) is 25.2 Å². The molecule has 4 nitrogen and oxygen atoms in total. The third kappa shape index (κ3) is 3.21. The predicted octanol–water partition coefficient (Wildman–Crippen LogP) is 2.53. The minimum atomic E-state index is -0.724. The number of nitriles is 1. The van der Waals surface area contributed by atoms with Crippen LogP contribution in [0.3, 0.4) is 0 Å². The van der Waals surface area contributed by atoms with Gasteiger partial charge in [0, 0.05) is 12.2 Å². The number of aryl methyl sites for hydroxylation is 2. The Morgan fingerprint density at radius 3 is 2.50 bits per heavy atom. The Labute approximate surface area is 109 Å². The maximum Gasteiger partial charge on any atom is 0.103 e. The van der Waals surface area contributed by atoms with Crippen molar-refractivity contribution in [1.29, 1.82) is 5.26 Å². The van der Waals surface area contributed by atoms with Crippen molar-refractivity contribution in [3.05, 3.63) is 23.0 Å². The van der Waals surface area contributed by atoms with Crippen LogP contribution >= 0.6 is 0 Å². The molecule has 0 aromatic carbocycles. The third-order valence-electron chi connectivity index (χ3n) is 3.36. The van der Waals surface area contributed by atoms with E-state index in [1.165, 1.54) is 0 Å². The van der Waals surface area contributed by atoms with E-state index in [0.29, 0.717) is 24.9 Å². The Balaban J connectivity index is 2.95. The molecule has 0 saturated carbocycles. The van der Waals surface area contributed by atoms with Crippen molar-refractivity contribution in [2.45, 2.75) is 46.1 Å². The smallest absolute Gasteiger partial charge is 0.103 e. The van der Waals surface area contributed by atoms with E-state index in [9.17, 15) is 5.11 Å². The van der Waals surface area contributed by atoms with Gasteiger partial charge in [0.25, 0.3) is 0 Å². The van der Waals surface area contributed by atoms with Crippen LogP contribution in [0.1, 0.15) is 43.6 Å². The molecule has 1 heterocycles. The molecule has 0 radical (unpaired) electrons. The lowest BCUT2D eigenvalue weighted by atomic mass is 9.97. The molecule has 1 aromatic rings. The van der Waals surface area contributed by atoms with Crippen molar-refractivity contribution in [2.75, 3.05) is 11.9 Å². The lowest BCUT2D eigenvalue weighted by molar-refractivity contribution is 0.0457. The molecular weight excluding hydrogens is 226 g/mol. The molecule has 0 aliphatic heterocycles. The van der Waals surface area contributed by atoms with Gasteiger partial charge in [-0.1, -0.05) is 13.8 Å². The van der Waals surface area contributed by atoms with Crippen LogP contribution in [0.2, 0.25) is 0 Å². The van der Waals surface area contributed by atoms with Crippen LogP contribution in [-0.4, -0.2) is 22.2 Å². The Hall–Kier alpha value is -1.60. The van der Waals surface area contributed by atoms with Crippen LogP contribution < -0.4 is 5.32 Å². The van der Waals surface area contributed by atoms with E-state index in [0.717, 1.165) is 17.1 Å². The summed E-state index contributed by atoms with van der Waals surface area (Å²) in [4.78, 5) is 4.26. The molecule has 0 fully saturated rings. The molecule has 98 valence electrons. The molecule has 4 heteroatoms. The van der Waals surface area contributed by atoms with E-state index in [2.05, 4.69) is 16.4 Å². The molecule has 0 spiro atoms. The second-order valence-electron chi connectivity index (χ2n) is 4.67. The van der Waals surface area contributed by atoms with Gasteiger partial charge >= 0.3 is 0 Å². The van der Waals surface area contributed by atoms with Crippen molar-refractivity contribution in [2.24, 2.45) is 0 Å². The monoisotopic (exact) mass is 247 g/mol. The van der Waals surface area contributed by atoms with Gasteiger partial charge < -0.3 is 10.4 Å². The zero-order valence-corrected chi connectivity index (χ0v) is 11.5. The summed E-state index contributed by atoms with van der Waals surface area (Å²) >= 11 is 0. The fourth-order valence-electron chi connectivity index (χ4n) is 1.87. The fraction of sp³-hybridized carbons (Fsp3) is 0.571.